The molecule has 0 spiro atoms. The molecule has 0 aromatic heterocycles. The highest BCUT2D eigenvalue weighted by Crippen LogP contribution is 2.44. The fourth-order valence-corrected chi connectivity index (χ4v) is 4.33. The quantitative estimate of drug-likeness (QED) is 0.467. The monoisotopic (exact) mass is 460 g/mol. The number of rotatable bonds is 8. The van der Waals surface area contributed by atoms with E-state index < -0.39 is 24.1 Å². The number of aliphatic hydroxyl groups excluding tert-OH is 2. The maximum atomic E-state index is 14.0. The van der Waals surface area contributed by atoms with Crippen molar-refractivity contribution in [3.05, 3.63) is 94.8 Å². The molecule has 0 heterocycles. The summed E-state index contributed by atoms with van der Waals surface area (Å²) in [6.45, 7) is 0.253. The Morgan fingerprint density at radius 1 is 1.06 bits per heavy atom. The lowest BCUT2D eigenvalue weighted by Crippen LogP contribution is -2.30. The Balaban J connectivity index is 1.27. The topological polar surface area (TPSA) is 103 Å². The van der Waals surface area contributed by atoms with Gasteiger partial charge in [-0.05, 0) is 40.3 Å². The summed E-state index contributed by atoms with van der Waals surface area (Å²) in [6.07, 6.45) is -3.18. The number of carbonyl (C=O) groups excluding carboxylic acids is 1. The van der Waals surface area contributed by atoms with Crippen LogP contribution in [-0.4, -0.2) is 35.6 Å². The molecule has 0 saturated heterocycles. The van der Waals surface area contributed by atoms with Crippen molar-refractivity contribution < 1.29 is 24.1 Å². The molecule has 0 radical (unpaired) electrons. The second kappa shape index (κ2) is 10.5. The molecule has 1 aliphatic carbocycles. The van der Waals surface area contributed by atoms with Gasteiger partial charge in [-0.25, -0.2) is 9.18 Å². The molecular weight excluding hydrogens is 435 g/mol. The predicted molar refractivity (Wildman–Crippen MR) is 124 cm³/mol. The Kier molecular flexibility index (Phi) is 7.21. The highest BCUT2D eigenvalue weighted by atomic mass is 19.1. The molecule has 0 bridgehead atoms. The first-order chi connectivity index (χ1) is 16.5. The Morgan fingerprint density at radius 3 is 2.32 bits per heavy atom. The number of nitrogens with zero attached hydrogens (tertiary/aromatic N) is 1. The first-order valence-corrected chi connectivity index (χ1v) is 11.1. The van der Waals surface area contributed by atoms with Gasteiger partial charge in [0.15, 0.2) is 0 Å². The van der Waals surface area contributed by atoms with Crippen LogP contribution < -0.4 is 5.32 Å². The third-order valence-electron chi connectivity index (χ3n) is 6.11. The third-order valence-corrected chi connectivity index (χ3v) is 6.11. The van der Waals surface area contributed by atoms with Gasteiger partial charge in [0.1, 0.15) is 18.5 Å². The summed E-state index contributed by atoms with van der Waals surface area (Å²) < 4.78 is 19.4. The van der Waals surface area contributed by atoms with Crippen LogP contribution in [0.4, 0.5) is 9.18 Å². The molecule has 0 aliphatic heterocycles. The Labute approximate surface area is 197 Å². The number of halogens is 1. The molecular formula is C27H25FN2O4. The number of aliphatic hydroxyl groups is 2. The van der Waals surface area contributed by atoms with Crippen LogP contribution in [0.1, 0.15) is 40.7 Å². The number of alkyl carbamates (subject to hydrolysis) is 1. The van der Waals surface area contributed by atoms with Crippen LogP contribution >= 0.6 is 0 Å². The van der Waals surface area contributed by atoms with Crippen molar-refractivity contribution in [3.8, 4) is 17.2 Å². The number of fused-ring (bicyclic) bond motifs is 3. The molecule has 3 N–H and O–H groups in total. The number of amides is 1. The van der Waals surface area contributed by atoms with Crippen molar-refractivity contribution in [2.24, 2.45) is 0 Å². The van der Waals surface area contributed by atoms with Gasteiger partial charge in [0.05, 0.1) is 18.6 Å². The van der Waals surface area contributed by atoms with Gasteiger partial charge in [-0.1, -0.05) is 60.7 Å². The van der Waals surface area contributed by atoms with E-state index in [1.165, 1.54) is 12.1 Å². The molecule has 7 heteroatoms. The number of benzene rings is 3. The highest BCUT2D eigenvalue weighted by Gasteiger charge is 2.29. The maximum absolute atomic E-state index is 14.0. The lowest BCUT2D eigenvalue weighted by Gasteiger charge is -2.19. The summed E-state index contributed by atoms with van der Waals surface area (Å²) >= 11 is 0. The number of ether oxygens (including phenoxy) is 1. The SMILES string of the molecule is N#CCc1ccc(C(O)C(O)CCNC(=O)OCC2c3ccccc3-c3ccccc32)cc1F. The van der Waals surface area contributed by atoms with Crippen LogP contribution in [0.15, 0.2) is 66.7 Å². The largest absolute Gasteiger partial charge is 0.449 e. The fraction of sp³-hybridized carbons (Fsp3) is 0.259. The number of hydrogen-bond acceptors (Lipinski definition) is 5. The standard InChI is InChI=1S/C27H25FN2O4/c28-24-15-18(10-9-17(24)11-13-29)26(32)25(31)12-14-30-27(33)34-16-23-21-7-3-1-5-19(21)20-6-2-4-8-22(20)23/h1-10,15,23,25-26,31-32H,11-12,14,16H2,(H,30,33). The van der Waals surface area contributed by atoms with Gasteiger partial charge >= 0.3 is 6.09 Å². The van der Waals surface area contributed by atoms with Gasteiger partial charge in [-0.15, -0.1) is 0 Å². The number of nitriles is 1. The second-order valence-corrected chi connectivity index (χ2v) is 8.24. The minimum absolute atomic E-state index is 0.0485. The maximum Gasteiger partial charge on any atom is 0.407 e. The molecule has 2 unspecified atom stereocenters. The van der Waals surface area contributed by atoms with Crippen LogP contribution in [0.25, 0.3) is 11.1 Å². The summed E-state index contributed by atoms with van der Waals surface area (Å²) in [5, 5.41) is 31.8. The fourth-order valence-electron chi connectivity index (χ4n) is 4.33. The van der Waals surface area contributed by atoms with Gasteiger partial charge in [0, 0.05) is 18.0 Å². The molecule has 3 aromatic carbocycles. The number of nitrogens with one attached hydrogen (secondary N) is 1. The number of carbonyl (C=O) groups is 1. The van der Waals surface area contributed by atoms with Crippen LogP contribution in [0, 0.1) is 17.1 Å². The molecule has 0 fully saturated rings. The Morgan fingerprint density at radius 2 is 1.71 bits per heavy atom. The van der Waals surface area contributed by atoms with E-state index in [4.69, 9.17) is 10.00 Å². The summed E-state index contributed by atoms with van der Waals surface area (Å²) in [6, 6.07) is 22.0. The van der Waals surface area contributed by atoms with Crippen LogP contribution in [0.2, 0.25) is 0 Å². The lowest BCUT2D eigenvalue weighted by atomic mass is 9.98. The van der Waals surface area contributed by atoms with Crippen molar-refractivity contribution in [3.63, 3.8) is 0 Å². The van der Waals surface area contributed by atoms with Crippen LogP contribution in [-0.2, 0) is 11.2 Å². The van der Waals surface area contributed by atoms with Gasteiger partial charge in [-0.3, -0.25) is 0 Å². The lowest BCUT2D eigenvalue weighted by molar-refractivity contribution is 0.0135. The van der Waals surface area contributed by atoms with E-state index in [2.05, 4.69) is 17.4 Å². The van der Waals surface area contributed by atoms with Crippen molar-refractivity contribution in [2.75, 3.05) is 13.2 Å². The molecule has 34 heavy (non-hydrogen) atoms. The predicted octanol–water partition coefficient (Wildman–Crippen LogP) is 4.21. The zero-order chi connectivity index (χ0) is 24.1. The molecule has 174 valence electrons. The first-order valence-electron chi connectivity index (χ1n) is 11.1. The van der Waals surface area contributed by atoms with E-state index in [1.807, 2.05) is 42.5 Å². The highest BCUT2D eigenvalue weighted by molar-refractivity contribution is 5.79. The van der Waals surface area contributed by atoms with Crippen molar-refractivity contribution in [1.82, 2.24) is 5.32 Å². The van der Waals surface area contributed by atoms with E-state index in [-0.39, 0.29) is 43.0 Å². The van der Waals surface area contributed by atoms with Crippen molar-refractivity contribution in [2.45, 2.75) is 31.0 Å². The molecule has 6 nitrogen and oxygen atoms in total. The van der Waals surface area contributed by atoms with E-state index in [0.29, 0.717) is 0 Å². The van der Waals surface area contributed by atoms with E-state index >= 15 is 0 Å². The minimum atomic E-state index is -1.32. The molecule has 1 aliphatic rings. The normalized spacial score (nSPS) is 13.9. The van der Waals surface area contributed by atoms with Crippen molar-refractivity contribution in [1.29, 1.82) is 5.26 Å². The Bertz CT molecular complexity index is 1180. The molecule has 1 amide bonds. The minimum Gasteiger partial charge on any atom is -0.449 e. The van der Waals surface area contributed by atoms with E-state index in [1.54, 1.807) is 0 Å². The zero-order valence-electron chi connectivity index (χ0n) is 18.4. The number of hydrogen-bond donors (Lipinski definition) is 3. The van der Waals surface area contributed by atoms with Gasteiger partial charge in [-0.2, -0.15) is 5.26 Å². The summed E-state index contributed by atoms with van der Waals surface area (Å²) in [7, 11) is 0. The van der Waals surface area contributed by atoms with Gasteiger partial charge < -0.3 is 20.3 Å². The molecule has 3 aromatic rings. The smallest absolute Gasteiger partial charge is 0.407 e. The van der Waals surface area contributed by atoms with Crippen LogP contribution in [0.3, 0.4) is 0 Å². The molecule has 2 atom stereocenters. The summed E-state index contributed by atoms with van der Waals surface area (Å²) in [4.78, 5) is 12.2. The Hall–Kier alpha value is -3.73. The van der Waals surface area contributed by atoms with E-state index in [0.717, 1.165) is 28.3 Å². The van der Waals surface area contributed by atoms with Gasteiger partial charge in [0.2, 0.25) is 0 Å². The van der Waals surface area contributed by atoms with Crippen molar-refractivity contribution >= 4 is 6.09 Å². The third kappa shape index (κ3) is 4.93. The average molecular weight is 461 g/mol. The first kappa shape index (κ1) is 23.4. The van der Waals surface area contributed by atoms with Crippen LogP contribution in [0.5, 0.6) is 0 Å². The average Bonchev–Trinajstić information content (AvgIpc) is 3.17. The molecule has 0 saturated carbocycles. The zero-order valence-corrected chi connectivity index (χ0v) is 18.4. The summed E-state index contributed by atoms with van der Waals surface area (Å²) in [5.74, 6) is -0.661. The summed E-state index contributed by atoms with van der Waals surface area (Å²) in [5.41, 5.74) is 4.94. The molecule has 4 rings (SSSR count). The second-order valence-electron chi connectivity index (χ2n) is 8.24. The van der Waals surface area contributed by atoms with E-state index in [9.17, 15) is 19.4 Å². The van der Waals surface area contributed by atoms with Gasteiger partial charge in [0.25, 0.3) is 0 Å².